The highest BCUT2D eigenvalue weighted by Gasteiger charge is 2.15. The van der Waals surface area contributed by atoms with E-state index in [1.807, 2.05) is 30.3 Å². The fraction of sp³-hybridized carbons (Fsp3) is 0.381. The Balaban J connectivity index is 1.53. The number of halogens is 2. The fourth-order valence-electron chi connectivity index (χ4n) is 3.18. The molecule has 0 radical (unpaired) electrons. The van der Waals surface area contributed by atoms with Gasteiger partial charge in [-0.1, -0.05) is 48.3 Å². The first-order valence-electron chi connectivity index (χ1n) is 9.04. The SMILES string of the molecule is CC1CCN(Cc2ccc(C(=O)NCc3ccc(Cl)cc3Cl)cc2)CC1. The first-order chi connectivity index (χ1) is 12.5. The van der Waals surface area contributed by atoms with Crippen molar-refractivity contribution in [1.29, 1.82) is 0 Å². The van der Waals surface area contributed by atoms with Gasteiger partial charge in [0.05, 0.1) is 0 Å². The molecule has 0 unspecified atom stereocenters. The number of piperidine rings is 1. The third kappa shape index (κ3) is 5.23. The van der Waals surface area contributed by atoms with Crippen LogP contribution in [0.3, 0.4) is 0 Å². The molecule has 1 N–H and O–H groups in total. The third-order valence-corrected chi connectivity index (χ3v) is 5.54. The first-order valence-corrected chi connectivity index (χ1v) is 9.80. The Kier molecular flexibility index (Phi) is 6.58. The Morgan fingerprint density at radius 1 is 1.12 bits per heavy atom. The number of nitrogens with zero attached hydrogens (tertiary/aromatic N) is 1. The third-order valence-electron chi connectivity index (χ3n) is 4.95. The van der Waals surface area contributed by atoms with Crippen molar-refractivity contribution >= 4 is 29.1 Å². The quantitative estimate of drug-likeness (QED) is 0.764. The molecule has 1 aliphatic heterocycles. The van der Waals surface area contributed by atoms with Crippen molar-refractivity contribution in [3.8, 4) is 0 Å². The van der Waals surface area contributed by atoms with Crippen LogP contribution in [0.5, 0.6) is 0 Å². The normalized spacial score (nSPS) is 15.8. The largest absolute Gasteiger partial charge is 0.348 e. The molecule has 1 amide bonds. The molecule has 1 heterocycles. The monoisotopic (exact) mass is 390 g/mol. The molecule has 3 nitrogen and oxygen atoms in total. The van der Waals surface area contributed by atoms with Gasteiger partial charge >= 0.3 is 0 Å². The lowest BCUT2D eigenvalue weighted by molar-refractivity contribution is 0.0951. The summed E-state index contributed by atoms with van der Waals surface area (Å²) in [5.74, 6) is 0.737. The van der Waals surface area contributed by atoms with E-state index in [4.69, 9.17) is 23.2 Å². The summed E-state index contributed by atoms with van der Waals surface area (Å²) in [6.45, 7) is 5.97. The molecule has 0 atom stereocenters. The van der Waals surface area contributed by atoms with Gasteiger partial charge in [-0.05, 0) is 67.2 Å². The van der Waals surface area contributed by atoms with Crippen molar-refractivity contribution in [3.05, 3.63) is 69.2 Å². The summed E-state index contributed by atoms with van der Waals surface area (Å²) in [6, 6.07) is 13.1. The van der Waals surface area contributed by atoms with Crippen LogP contribution < -0.4 is 5.32 Å². The van der Waals surface area contributed by atoms with E-state index in [1.54, 1.807) is 12.1 Å². The number of likely N-dealkylation sites (tertiary alicyclic amines) is 1. The van der Waals surface area contributed by atoms with Crippen LogP contribution in [0.25, 0.3) is 0 Å². The average Bonchev–Trinajstić information content (AvgIpc) is 2.63. The number of rotatable bonds is 5. The van der Waals surface area contributed by atoms with Gasteiger partial charge in [0.25, 0.3) is 5.91 Å². The Morgan fingerprint density at radius 2 is 1.81 bits per heavy atom. The van der Waals surface area contributed by atoms with E-state index < -0.39 is 0 Å². The number of benzene rings is 2. The van der Waals surface area contributed by atoms with E-state index in [0.29, 0.717) is 22.2 Å². The average molecular weight is 391 g/mol. The van der Waals surface area contributed by atoms with Gasteiger partial charge in [0.2, 0.25) is 0 Å². The van der Waals surface area contributed by atoms with E-state index in [2.05, 4.69) is 17.1 Å². The van der Waals surface area contributed by atoms with E-state index >= 15 is 0 Å². The summed E-state index contributed by atoms with van der Waals surface area (Å²) >= 11 is 12.0. The van der Waals surface area contributed by atoms with Gasteiger partial charge in [0, 0.05) is 28.7 Å². The molecule has 138 valence electrons. The molecule has 1 aliphatic rings. The zero-order chi connectivity index (χ0) is 18.5. The Morgan fingerprint density at radius 3 is 2.46 bits per heavy atom. The maximum absolute atomic E-state index is 12.3. The van der Waals surface area contributed by atoms with Crippen LogP contribution in [-0.2, 0) is 13.1 Å². The first kappa shape index (κ1) is 19.2. The molecule has 1 saturated heterocycles. The van der Waals surface area contributed by atoms with Crippen molar-refractivity contribution < 1.29 is 4.79 Å². The van der Waals surface area contributed by atoms with Gasteiger partial charge in [-0.25, -0.2) is 0 Å². The van der Waals surface area contributed by atoms with E-state index in [-0.39, 0.29) is 5.91 Å². The molecule has 2 aromatic rings. The van der Waals surface area contributed by atoms with Crippen LogP contribution in [0.4, 0.5) is 0 Å². The molecule has 5 heteroatoms. The van der Waals surface area contributed by atoms with Gasteiger partial charge < -0.3 is 5.32 Å². The second kappa shape index (κ2) is 8.90. The smallest absolute Gasteiger partial charge is 0.251 e. The summed E-state index contributed by atoms with van der Waals surface area (Å²) < 4.78 is 0. The van der Waals surface area contributed by atoms with Crippen LogP contribution in [0.2, 0.25) is 10.0 Å². The molecule has 0 aromatic heterocycles. The van der Waals surface area contributed by atoms with Crippen molar-refractivity contribution in [2.75, 3.05) is 13.1 Å². The Labute approximate surface area is 165 Å². The van der Waals surface area contributed by atoms with Crippen LogP contribution in [0.1, 0.15) is 41.3 Å². The molecule has 3 rings (SSSR count). The molecule has 26 heavy (non-hydrogen) atoms. The molecular formula is C21H24Cl2N2O. The Bertz CT molecular complexity index is 753. The minimum absolute atomic E-state index is 0.102. The van der Waals surface area contributed by atoms with E-state index in [9.17, 15) is 4.79 Å². The van der Waals surface area contributed by atoms with Crippen LogP contribution in [0, 0.1) is 5.92 Å². The molecule has 1 fully saturated rings. The maximum Gasteiger partial charge on any atom is 0.251 e. The number of nitrogens with one attached hydrogen (secondary N) is 1. The zero-order valence-electron chi connectivity index (χ0n) is 15.0. The zero-order valence-corrected chi connectivity index (χ0v) is 16.5. The highest BCUT2D eigenvalue weighted by atomic mass is 35.5. The summed E-state index contributed by atoms with van der Waals surface area (Å²) in [4.78, 5) is 14.8. The van der Waals surface area contributed by atoms with Gasteiger partial charge in [-0.2, -0.15) is 0 Å². The number of amides is 1. The summed E-state index contributed by atoms with van der Waals surface area (Å²) in [5.41, 5.74) is 2.75. The summed E-state index contributed by atoms with van der Waals surface area (Å²) in [7, 11) is 0. The van der Waals surface area contributed by atoms with Gasteiger partial charge in [0.1, 0.15) is 0 Å². The van der Waals surface area contributed by atoms with Gasteiger partial charge in [-0.15, -0.1) is 0 Å². The second-order valence-electron chi connectivity index (χ2n) is 7.07. The van der Waals surface area contributed by atoms with E-state index in [0.717, 1.165) is 31.1 Å². The van der Waals surface area contributed by atoms with Crippen molar-refractivity contribution in [2.45, 2.75) is 32.9 Å². The second-order valence-corrected chi connectivity index (χ2v) is 7.92. The predicted octanol–water partition coefficient (Wildman–Crippen LogP) is 5.16. The molecule has 0 saturated carbocycles. The highest BCUT2D eigenvalue weighted by Crippen LogP contribution is 2.21. The summed E-state index contributed by atoms with van der Waals surface area (Å²) in [5, 5.41) is 4.05. The molecule has 0 spiro atoms. The van der Waals surface area contributed by atoms with Gasteiger partial charge in [0.15, 0.2) is 0 Å². The predicted molar refractivity (Wildman–Crippen MR) is 108 cm³/mol. The van der Waals surface area contributed by atoms with Crippen molar-refractivity contribution in [2.24, 2.45) is 5.92 Å². The van der Waals surface area contributed by atoms with Crippen molar-refractivity contribution in [3.63, 3.8) is 0 Å². The molecule has 0 bridgehead atoms. The summed E-state index contributed by atoms with van der Waals surface area (Å²) in [6.07, 6.45) is 2.54. The fourth-order valence-corrected chi connectivity index (χ4v) is 3.66. The minimum atomic E-state index is -0.102. The Hall–Kier alpha value is -1.55. The van der Waals surface area contributed by atoms with Crippen LogP contribution in [0.15, 0.2) is 42.5 Å². The van der Waals surface area contributed by atoms with Crippen LogP contribution >= 0.6 is 23.2 Å². The number of hydrogen-bond donors (Lipinski definition) is 1. The number of carbonyl (C=O) groups excluding carboxylic acids is 1. The molecule has 2 aromatic carbocycles. The number of hydrogen-bond acceptors (Lipinski definition) is 2. The number of carbonyl (C=O) groups is 1. The maximum atomic E-state index is 12.3. The topological polar surface area (TPSA) is 32.3 Å². The molecule has 0 aliphatic carbocycles. The lowest BCUT2D eigenvalue weighted by atomic mass is 9.99. The highest BCUT2D eigenvalue weighted by molar-refractivity contribution is 6.35. The lowest BCUT2D eigenvalue weighted by Crippen LogP contribution is -2.32. The van der Waals surface area contributed by atoms with E-state index in [1.165, 1.54) is 18.4 Å². The van der Waals surface area contributed by atoms with Crippen molar-refractivity contribution in [1.82, 2.24) is 10.2 Å². The van der Waals surface area contributed by atoms with Crippen LogP contribution in [-0.4, -0.2) is 23.9 Å². The van der Waals surface area contributed by atoms with Gasteiger partial charge in [-0.3, -0.25) is 9.69 Å². The standard InChI is InChI=1S/C21H24Cl2N2O/c1-15-8-10-25(11-9-15)14-16-2-4-17(5-3-16)21(26)24-13-18-6-7-19(22)12-20(18)23/h2-7,12,15H,8-11,13-14H2,1H3,(H,24,26). The minimum Gasteiger partial charge on any atom is -0.348 e. The lowest BCUT2D eigenvalue weighted by Gasteiger charge is -2.30. The molecular weight excluding hydrogens is 367 g/mol.